The standard InChI is InChI=1S/C13H14N4O/c18-9-10-2-1-7-17(8-10)12-4-3-11-13(16-12)15-6-5-14-11/h3-6,9-10H,1-2,7-8H2. The van der Waals surface area contributed by atoms with Gasteiger partial charge in [0.1, 0.15) is 17.6 Å². The van der Waals surface area contributed by atoms with Gasteiger partial charge in [0.25, 0.3) is 0 Å². The Bertz CT molecular complexity index is 572. The molecule has 0 spiro atoms. The van der Waals surface area contributed by atoms with Crippen molar-refractivity contribution in [2.24, 2.45) is 5.92 Å². The highest BCUT2D eigenvalue weighted by Gasteiger charge is 2.20. The van der Waals surface area contributed by atoms with Crippen molar-refractivity contribution in [2.45, 2.75) is 12.8 Å². The van der Waals surface area contributed by atoms with Gasteiger partial charge in [-0.05, 0) is 25.0 Å². The summed E-state index contributed by atoms with van der Waals surface area (Å²) in [6, 6.07) is 3.87. The number of hydrogen-bond donors (Lipinski definition) is 0. The van der Waals surface area contributed by atoms with Crippen LogP contribution >= 0.6 is 0 Å². The largest absolute Gasteiger partial charge is 0.356 e. The second-order valence-corrected chi connectivity index (χ2v) is 4.55. The molecule has 1 saturated heterocycles. The van der Waals surface area contributed by atoms with Gasteiger partial charge in [0.2, 0.25) is 0 Å². The molecule has 0 saturated carbocycles. The van der Waals surface area contributed by atoms with Gasteiger partial charge >= 0.3 is 0 Å². The number of rotatable bonds is 2. The summed E-state index contributed by atoms with van der Waals surface area (Å²) in [5.41, 5.74) is 1.45. The Hall–Kier alpha value is -2.04. The van der Waals surface area contributed by atoms with Crippen LogP contribution in [0.5, 0.6) is 0 Å². The van der Waals surface area contributed by atoms with Gasteiger partial charge in [-0.15, -0.1) is 0 Å². The fourth-order valence-corrected chi connectivity index (χ4v) is 2.35. The van der Waals surface area contributed by atoms with Gasteiger partial charge in [-0.2, -0.15) is 0 Å². The number of nitrogens with zero attached hydrogens (tertiary/aromatic N) is 4. The highest BCUT2D eigenvalue weighted by Crippen LogP contribution is 2.21. The van der Waals surface area contributed by atoms with Crippen molar-refractivity contribution in [3.05, 3.63) is 24.5 Å². The average molecular weight is 242 g/mol. The Morgan fingerprint density at radius 3 is 3.06 bits per heavy atom. The molecule has 0 bridgehead atoms. The van der Waals surface area contributed by atoms with E-state index in [1.165, 1.54) is 0 Å². The predicted octanol–water partition coefficient (Wildman–Crippen LogP) is 1.44. The summed E-state index contributed by atoms with van der Waals surface area (Å²) in [5.74, 6) is 1.01. The van der Waals surface area contributed by atoms with Crippen molar-refractivity contribution >= 4 is 23.3 Å². The van der Waals surface area contributed by atoms with E-state index in [0.717, 1.165) is 43.6 Å². The van der Waals surface area contributed by atoms with Crippen molar-refractivity contribution < 1.29 is 4.79 Å². The lowest BCUT2D eigenvalue weighted by Gasteiger charge is -2.31. The zero-order valence-electron chi connectivity index (χ0n) is 9.99. The zero-order valence-corrected chi connectivity index (χ0v) is 9.99. The maximum Gasteiger partial charge on any atom is 0.180 e. The first kappa shape index (κ1) is 11.1. The molecule has 1 unspecified atom stereocenters. The van der Waals surface area contributed by atoms with Crippen LogP contribution in [0.3, 0.4) is 0 Å². The normalized spacial score (nSPS) is 20.0. The van der Waals surface area contributed by atoms with Gasteiger partial charge in [0.05, 0.1) is 0 Å². The number of hydrogen-bond acceptors (Lipinski definition) is 5. The molecule has 3 heterocycles. The minimum Gasteiger partial charge on any atom is -0.356 e. The molecule has 2 aromatic rings. The molecule has 5 nitrogen and oxygen atoms in total. The molecule has 92 valence electrons. The van der Waals surface area contributed by atoms with Crippen LogP contribution < -0.4 is 4.90 Å². The third-order valence-corrected chi connectivity index (χ3v) is 3.29. The molecule has 2 aromatic heterocycles. The van der Waals surface area contributed by atoms with Crippen molar-refractivity contribution in [3.8, 4) is 0 Å². The van der Waals surface area contributed by atoms with Gasteiger partial charge < -0.3 is 9.69 Å². The Morgan fingerprint density at radius 2 is 2.17 bits per heavy atom. The van der Waals surface area contributed by atoms with Gasteiger partial charge in [0, 0.05) is 31.4 Å². The first-order valence-corrected chi connectivity index (χ1v) is 6.15. The molecule has 1 aliphatic rings. The Labute approximate surface area is 105 Å². The molecular weight excluding hydrogens is 228 g/mol. The number of carbonyl (C=O) groups is 1. The first-order chi connectivity index (χ1) is 8.86. The van der Waals surface area contributed by atoms with Crippen LogP contribution in [-0.2, 0) is 4.79 Å². The van der Waals surface area contributed by atoms with Crippen molar-refractivity contribution in [2.75, 3.05) is 18.0 Å². The Balaban J connectivity index is 1.91. The predicted molar refractivity (Wildman–Crippen MR) is 68.3 cm³/mol. The summed E-state index contributed by atoms with van der Waals surface area (Å²) >= 11 is 0. The van der Waals surface area contributed by atoms with E-state index in [4.69, 9.17) is 0 Å². The molecule has 1 aliphatic heterocycles. The smallest absolute Gasteiger partial charge is 0.180 e. The fourth-order valence-electron chi connectivity index (χ4n) is 2.35. The van der Waals surface area contributed by atoms with E-state index in [-0.39, 0.29) is 5.92 Å². The summed E-state index contributed by atoms with van der Waals surface area (Å²) in [4.78, 5) is 25.9. The van der Waals surface area contributed by atoms with E-state index in [1.807, 2.05) is 12.1 Å². The van der Waals surface area contributed by atoms with Crippen LogP contribution in [0.2, 0.25) is 0 Å². The van der Waals surface area contributed by atoms with Crippen LogP contribution in [0, 0.1) is 5.92 Å². The van der Waals surface area contributed by atoms with E-state index in [1.54, 1.807) is 12.4 Å². The summed E-state index contributed by atoms with van der Waals surface area (Å²) in [6.07, 6.45) is 6.36. The maximum atomic E-state index is 10.9. The minimum absolute atomic E-state index is 0.123. The first-order valence-electron chi connectivity index (χ1n) is 6.15. The average Bonchev–Trinajstić information content (AvgIpc) is 2.47. The molecule has 18 heavy (non-hydrogen) atoms. The van der Waals surface area contributed by atoms with Crippen molar-refractivity contribution in [1.82, 2.24) is 15.0 Å². The third-order valence-electron chi connectivity index (χ3n) is 3.29. The number of anilines is 1. The summed E-state index contributed by atoms with van der Waals surface area (Å²) in [7, 11) is 0. The van der Waals surface area contributed by atoms with E-state index < -0.39 is 0 Å². The highest BCUT2D eigenvalue weighted by molar-refractivity contribution is 5.71. The molecule has 0 aromatic carbocycles. The molecule has 1 fully saturated rings. The Morgan fingerprint density at radius 1 is 1.28 bits per heavy atom. The molecular formula is C13H14N4O. The van der Waals surface area contributed by atoms with Gasteiger partial charge in [0.15, 0.2) is 5.65 Å². The number of aromatic nitrogens is 3. The quantitative estimate of drug-likeness (QED) is 0.746. The van der Waals surface area contributed by atoms with E-state index >= 15 is 0 Å². The molecule has 0 amide bonds. The number of aldehydes is 1. The Kier molecular flexibility index (Phi) is 2.88. The lowest BCUT2D eigenvalue weighted by molar-refractivity contribution is -0.111. The lowest BCUT2D eigenvalue weighted by atomic mass is 10.00. The van der Waals surface area contributed by atoms with E-state index in [2.05, 4.69) is 19.9 Å². The molecule has 0 aliphatic carbocycles. The minimum atomic E-state index is 0.123. The van der Waals surface area contributed by atoms with E-state index in [9.17, 15) is 4.79 Å². The summed E-state index contributed by atoms with van der Waals surface area (Å²) < 4.78 is 0. The SMILES string of the molecule is O=CC1CCCN(c2ccc3nccnc3n2)C1. The van der Waals surface area contributed by atoms with Crippen LogP contribution in [0.1, 0.15) is 12.8 Å². The number of piperidine rings is 1. The maximum absolute atomic E-state index is 10.9. The lowest BCUT2D eigenvalue weighted by Crippen LogP contribution is -2.36. The fraction of sp³-hybridized carbons (Fsp3) is 0.385. The van der Waals surface area contributed by atoms with Crippen LogP contribution in [0.4, 0.5) is 5.82 Å². The zero-order chi connectivity index (χ0) is 12.4. The van der Waals surface area contributed by atoms with Crippen LogP contribution in [0.15, 0.2) is 24.5 Å². The molecule has 3 rings (SSSR count). The van der Waals surface area contributed by atoms with Crippen LogP contribution in [-0.4, -0.2) is 34.3 Å². The third kappa shape index (κ3) is 2.03. The van der Waals surface area contributed by atoms with Crippen LogP contribution in [0.25, 0.3) is 11.2 Å². The molecule has 0 N–H and O–H groups in total. The second-order valence-electron chi connectivity index (χ2n) is 4.55. The number of carbonyl (C=O) groups excluding carboxylic acids is 1. The topological polar surface area (TPSA) is 59.0 Å². The summed E-state index contributed by atoms with van der Waals surface area (Å²) in [5, 5.41) is 0. The summed E-state index contributed by atoms with van der Waals surface area (Å²) in [6.45, 7) is 1.70. The van der Waals surface area contributed by atoms with Gasteiger partial charge in [-0.3, -0.25) is 4.98 Å². The monoisotopic (exact) mass is 242 g/mol. The number of pyridine rings is 1. The van der Waals surface area contributed by atoms with E-state index in [0.29, 0.717) is 5.65 Å². The molecule has 1 atom stereocenters. The second kappa shape index (κ2) is 4.68. The van der Waals surface area contributed by atoms with Crippen molar-refractivity contribution in [1.29, 1.82) is 0 Å². The molecule has 0 radical (unpaired) electrons. The number of fused-ring (bicyclic) bond motifs is 1. The van der Waals surface area contributed by atoms with Gasteiger partial charge in [-0.25, -0.2) is 9.97 Å². The van der Waals surface area contributed by atoms with Gasteiger partial charge in [-0.1, -0.05) is 0 Å². The van der Waals surface area contributed by atoms with Crippen molar-refractivity contribution in [3.63, 3.8) is 0 Å². The molecule has 5 heteroatoms. The highest BCUT2D eigenvalue weighted by atomic mass is 16.1.